The highest BCUT2D eigenvalue weighted by Crippen LogP contribution is 2.34. The first-order valence-electron chi connectivity index (χ1n) is 10.9. The van der Waals surface area contributed by atoms with Gasteiger partial charge in [0.2, 0.25) is 5.43 Å². The fraction of sp³-hybridized carbons (Fsp3) is 0.185. The van der Waals surface area contributed by atoms with E-state index in [9.17, 15) is 14.7 Å². The third-order valence-electron chi connectivity index (χ3n) is 6.10. The van der Waals surface area contributed by atoms with Crippen LogP contribution in [0.3, 0.4) is 0 Å². The van der Waals surface area contributed by atoms with Gasteiger partial charge in [-0.25, -0.2) is 9.97 Å². The fourth-order valence-electron chi connectivity index (χ4n) is 4.44. The molecule has 0 spiro atoms. The highest BCUT2D eigenvalue weighted by Gasteiger charge is 2.23. The molecule has 164 valence electrons. The summed E-state index contributed by atoms with van der Waals surface area (Å²) in [6.45, 7) is 6.80. The van der Waals surface area contributed by atoms with Crippen molar-refractivity contribution in [3.05, 3.63) is 97.7 Å². The van der Waals surface area contributed by atoms with Gasteiger partial charge in [-0.15, -0.1) is 0 Å². The molecule has 0 unspecified atom stereocenters. The maximum absolute atomic E-state index is 12.0. The molecule has 33 heavy (non-hydrogen) atoms. The van der Waals surface area contributed by atoms with Crippen LogP contribution in [0.2, 0.25) is 0 Å². The van der Waals surface area contributed by atoms with E-state index in [-0.39, 0.29) is 5.56 Å². The van der Waals surface area contributed by atoms with Crippen molar-refractivity contribution in [3.8, 4) is 28.0 Å². The smallest absolute Gasteiger partial charge is 0.268 e. The molecule has 0 radical (unpaired) electrons. The zero-order chi connectivity index (χ0) is 23.3. The van der Waals surface area contributed by atoms with Crippen molar-refractivity contribution in [1.82, 2.24) is 14.5 Å². The van der Waals surface area contributed by atoms with Crippen LogP contribution in [0.25, 0.3) is 33.4 Å². The average molecular weight is 437 g/mol. The molecule has 2 heterocycles. The molecule has 2 aromatic heterocycles. The maximum atomic E-state index is 12.0. The number of rotatable bonds is 5. The van der Waals surface area contributed by atoms with Crippen LogP contribution in [-0.4, -0.2) is 19.6 Å². The zero-order valence-electron chi connectivity index (χ0n) is 18.7. The second-order valence-electron chi connectivity index (χ2n) is 8.34. The van der Waals surface area contributed by atoms with Gasteiger partial charge in [-0.1, -0.05) is 55.5 Å². The van der Waals surface area contributed by atoms with E-state index in [1.54, 1.807) is 12.1 Å². The van der Waals surface area contributed by atoms with Gasteiger partial charge in [-0.2, -0.15) is 0 Å². The predicted octanol–water partition coefficient (Wildman–Crippen LogP) is 4.29. The van der Waals surface area contributed by atoms with Crippen LogP contribution in [0.5, 0.6) is 5.75 Å². The van der Waals surface area contributed by atoms with Crippen molar-refractivity contribution in [2.45, 2.75) is 33.7 Å². The second-order valence-corrected chi connectivity index (χ2v) is 8.34. The van der Waals surface area contributed by atoms with Gasteiger partial charge in [-0.05, 0) is 47.7 Å². The first kappa shape index (κ1) is 20.8. The molecule has 6 heteroatoms. The van der Waals surface area contributed by atoms with E-state index in [1.165, 1.54) is 0 Å². The van der Waals surface area contributed by atoms with Gasteiger partial charge in [0.15, 0.2) is 11.4 Å². The number of imidazole rings is 1. The van der Waals surface area contributed by atoms with E-state index >= 15 is 0 Å². The summed E-state index contributed by atoms with van der Waals surface area (Å²) in [7, 11) is 0. The van der Waals surface area contributed by atoms with E-state index in [0.29, 0.717) is 12.1 Å². The fourth-order valence-corrected chi connectivity index (χ4v) is 4.44. The summed E-state index contributed by atoms with van der Waals surface area (Å²) >= 11 is 0. The minimum absolute atomic E-state index is 0.0916. The van der Waals surface area contributed by atoms with Crippen molar-refractivity contribution in [2.24, 2.45) is 0 Å². The SMILES string of the molecule is CCc1nc2c(C)cc(C)nc2n1Cc1ccc(-c2ccccc2-c2c(O)c(=O)c2=O)cc1. The number of nitrogens with zero attached hydrogens (tertiary/aromatic N) is 3. The summed E-state index contributed by atoms with van der Waals surface area (Å²) in [6.07, 6.45) is 0.811. The summed E-state index contributed by atoms with van der Waals surface area (Å²) in [4.78, 5) is 33.1. The lowest BCUT2D eigenvalue weighted by Crippen LogP contribution is -2.31. The Kier molecular flexibility index (Phi) is 4.93. The van der Waals surface area contributed by atoms with Gasteiger partial charge in [0.05, 0.1) is 12.1 Å². The molecule has 0 atom stereocenters. The maximum Gasteiger partial charge on any atom is 0.268 e. The van der Waals surface area contributed by atoms with E-state index in [1.807, 2.05) is 43.3 Å². The number of fused-ring (bicyclic) bond motifs is 1. The summed E-state index contributed by atoms with van der Waals surface area (Å²) < 4.78 is 2.17. The van der Waals surface area contributed by atoms with Gasteiger partial charge in [0.1, 0.15) is 11.3 Å². The highest BCUT2D eigenvalue weighted by molar-refractivity contribution is 5.87. The molecule has 3 aromatic carbocycles. The number of pyridine rings is 1. The first-order chi connectivity index (χ1) is 15.9. The van der Waals surface area contributed by atoms with Gasteiger partial charge >= 0.3 is 0 Å². The predicted molar refractivity (Wildman–Crippen MR) is 129 cm³/mol. The standard InChI is InChI=1S/C27H23N3O3/c1-4-21-29-23-15(2)13-16(3)28-27(23)30(21)14-17-9-11-18(12-10-17)19-7-5-6-8-20(19)22-24(31)26(33)25(22)32/h5-13,31H,4,14H2,1-3H3. The van der Waals surface area contributed by atoms with Crippen LogP contribution in [-0.2, 0) is 13.0 Å². The molecule has 1 N–H and O–H groups in total. The molecule has 0 amide bonds. The minimum Gasteiger partial charge on any atom is -0.503 e. The third-order valence-corrected chi connectivity index (χ3v) is 6.10. The topological polar surface area (TPSA) is 85.1 Å². The van der Waals surface area contributed by atoms with Crippen LogP contribution in [0.1, 0.15) is 29.6 Å². The Hall–Kier alpha value is -4.06. The molecule has 5 rings (SSSR count). The molecule has 0 bridgehead atoms. The number of aromatic nitrogens is 3. The van der Waals surface area contributed by atoms with Crippen LogP contribution in [0.15, 0.2) is 64.2 Å². The molecular weight excluding hydrogens is 414 g/mol. The first-order valence-corrected chi connectivity index (χ1v) is 10.9. The van der Waals surface area contributed by atoms with Crippen LogP contribution < -0.4 is 10.9 Å². The van der Waals surface area contributed by atoms with Gasteiger partial charge in [0, 0.05) is 12.1 Å². The number of hydrogen-bond donors (Lipinski definition) is 1. The monoisotopic (exact) mass is 437 g/mol. The van der Waals surface area contributed by atoms with Crippen molar-refractivity contribution >= 4 is 11.2 Å². The molecule has 0 saturated heterocycles. The summed E-state index contributed by atoms with van der Waals surface area (Å²) in [5.74, 6) is 0.539. The minimum atomic E-state index is -0.825. The number of aromatic hydroxyl groups is 1. The molecular formula is C27H23N3O3. The van der Waals surface area contributed by atoms with Gasteiger partial charge in [0.25, 0.3) is 5.43 Å². The molecule has 0 fully saturated rings. The van der Waals surface area contributed by atoms with Crippen LogP contribution in [0.4, 0.5) is 0 Å². The Balaban J connectivity index is 1.52. The van der Waals surface area contributed by atoms with Crippen molar-refractivity contribution in [3.63, 3.8) is 0 Å². The summed E-state index contributed by atoms with van der Waals surface area (Å²) in [5.41, 5.74) is 5.91. The lowest BCUT2D eigenvalue weighted by molar-refractivity contribution is 0.465. The van der Waals surface area contributed by atoms with E-state index < -0.39 is 16.6 Å². The third kappa shape index (κ3) is 3.35. The Morgan fingerprint density at radius 3 is 2.27 bits per heavy atom. The normalized spacial score (nSPS) is 11.5. The highest BCUT2D eigenvalue weighted by atomic mass is 16.3. The van der Waals surface area contributed by atoms with Crippen LogP contribution in [0, 0.1) is 13.8 Å². The molecule has 0 aliphatic carbocycles. The lowest BCUT2D eigenvalue weighted by Gasteiger charge is -2.13. The second kappa shape index (κ2) is 7.81. The van der Waals surface area contributed by atoms with E-state index in [2.05, 4.69) is 24.5 Å². The molecule has 0 saturated carbocycles. The lowest BCUT2D eigenvalue weighted by atomic mass is 9.91. The quantitative estimate of drug-likeness (QED) is 0.415. The summed E-state index contributed by atoms with van der Waals surface area (Å²) in [6, 6.07) is 17.4. The molecule has 0 aliphatic heterocycles. The Morgan fingerprint density at radius 2 is 1.61 bits per heavy atom. The van der Waals surface area contributed by atoms with Crippen molar-refractivity contribution in [2.75, 3.05) is 0 Å². The molecule has 0 aliphatic rings. The Morgan fingerprint density at radius 1 is 0.909 bits per heavy atom. The average Bonchev–Trinajstić information content (AvgIpc) is 3.17. The van der Waals surface area contributed by atoms with Crippen LogP contribution >= 0.6 is 0 Å². The molecule has 5 aromatic rings. The van der Waals surface area contributed by atoms with Crippen molar-refractivity contribution in [1.29, 1.82) is 0 Å². The van der Waals surface area contributed by atoms with Crippen molar-refractivity contribution < 1.29 is 5.11 Å². The Labute approximate surface area is 190 Å². The zero-order valence-corrected chi connectivity index (χ0v) is 18.7. The largest absolute Gasteiger partial charge is 0.503 e. The van der Waals surface area contributed by atoms with E-state index in [0.717, 1.165) is 51.4 Å². The number of aryl methyl sites for hydroxylation is 3. The van der Waals surface area contributed by atoms with Gasteiger partial charge < -0.3 is 9.67 Å². The number of benzene rings is 2. The van der Waals surface area contributed by atoms with Gasteiger partial charge in [-0.3, -0.25) is 9.59 Å². The number of hydrogen-bond acceptors (Lipinski definition) is 5. The van der Waals surface area contributed by atoms with E-state index in [4.69, 9.17) is 9.97 Å². The summed E-state index contributed by atoms with van der Waals surface area (Å²) in [5, 5.41) is 9.93. The Bertz CT molecular complexity index is 1590. The molecule has 6 nitrogen and oxygen atoms in total.